The van der Waals surface area contributed by atoms with Gasteiger partial charge in [0.15, 0.2) is 11.5 Å². The van der Waals surface area contributed by atoms with E-state index in [0.29, 0.717) is 11.5 Å². The fourth-order valence-corrected chi connectivity index (χ4v) is 2.48. The van der Waals surface area contributed by atoms with E-state index in [1.807, 2.05) is 6.07 Å². The van der Waals surface area contributed by atoms with Crippen LogP contribution in [-0.2, 0) is 0 Å². The summed E-state index contributed by atoms with van der Waals surface area (Å²) in [6, 6.07) is 6.44. The van der Waals surface area contributed by atoms with Crippen molar-refractivity contribution in [2.45, 2.75) is 33.2 Å². The molecule has 0 aromatic heterocycles. The minimum absolute atomic E-state index is 0.330. The fourth-order valence-electron chi connectivity index (χ4n) is 2.48. The van der Waals surface area contributed by atoms with Crippen LogP contribution in [0.3, 0.4) is 0 Å². The van der Waals surface area contributed by atoms with E-state index in [-0.39, 0.29) is 0 Å². The van der Waals surface area contributed by atoms with Gasteiger partial charge in [0.2, 0.25) is 0 Å². The molecule has 0 bridgehead atoms. The number of nitrogens with one attached hydrogen (secondary N) is 1. The quantitative estimate of drug-likeness (QED) is 0.853. The standard InChI is InChI=1S/C16H25NO2/c1-11(17-10-13-9-16(13,2)3)12-6-7-14(18-4)15(8-12)19-5/h6-8,11,13,17H,9-10H2,1-5H3. The van der Waals surface area contributed by atoms with Crippen LogP contribution in [0.5, 0.6) is 11.5 Å². The number of hydrogen-bond donors (Lipinski definition) is 1. The van der Waals surface area contributed by atoms with Gasteiger partial charge in [-0.3, -0.25) is 0 Å². The van der Waals surface area contributed by atoms with Gasteiger partial charge in [-0.2, -0.15) is 0 Å². The first kappa shape index (κ1) is 14.2. The molecule has 2 atom stereocenters. The molecule has 0 saturated heterocycles. The molecule has 1 aliphatic rings. The van der Waals surface area contributed by atoms with E-state index in [1.165, 1.54) is 12.0 Å². The van der Waals surface area contributed by atoms with Gasteiger partial charge in [0, 0.05) is 6.04 Å². The lowest BCUT2D eigenvalue weighted by Gasteiger charge is -2.17. The summed E-state index contributed by atoms with van der Waals surface area (Å²) in [5.74, 6) is 2.39. The Labute approximate surface area is 116 Å². The third-order valence-corrected chi connectivity index (χ3v) is 4.30. The highest BCUT2D eigenvalue weighted by Crippen LogP contribution is 2.51. The molecule has 1 aromatic carbocycles. The van der Waals surface area contributed by atoms with E-state index in [1.54, 1.807) is 14.2 Å². The zero-order valence-corrected chi connectivity index (χ0v) is 12.6. The van der Waals surface area contributed by atoms with Crippen LogP contribution in [0, 0.1) is 11.3 Å². The average Bonchev–Trinajstić information content (AvgIpc) is 3.02. The third kappa shape index (κ3) is 3.21. The summed E-state index contributed by atoms with van der Waals surface area (Å²) in [6.45, 7) is 7.94. The minimum Gasteiger partial charge on any atom is -0.493 e. The highest BCUT2D eigenvalue weighted by Gasteiger charge is 2.44. The van der Waals surface area contributed by atoms with Crippen LogP contribution in [0.15, 0.2) is 18.2 Å². The molecular weight excluding hydrogens is 238 g/mol. The summed E-state index contributed by atoms with van der Waals surface area (Å²) in [5.41, 5.74) is 1.76. The van der Waals surface area contributed by atoms with Gasteiger partial charge in [-0.1, -0.05) is 19.9 Å². The van der Waals surface area contributed by atoms with E-state index >= 15 is 0 Å². The summed E-state index contributed by atoms with van der Waals surface area (Å²) >= 11 is 0. The zero-order chi connectivity index (χ0) is 14.0. The lowest BCUT2D eigenvalue weighted by atomic mass is 10.1. The molecule has 106 valence electrons. The SMILES string of the molecule is COc1ccc(C(C)NCC2CC2(C)C)cc1OC. The first-order valence-electron chi connectivity index (χ1n) is 6.93. The molecule has 1 N–H and O–H groups in total. The molecule has 3 nitrogen and oxygen atoms in total. The maximum atomic E-state index is 5.35. The van der Waals surface area contributed by atoms with Crippen molar-refractivity contribution < 1.29 is 9.47 Å². The summed E-state index contributed by atoms with van der Waals surface area (Å²) in [4.78, 5) is 0. The van der Waals surface area contributed by atoms with Gasteiger partial charge in [-0.05, 0) is 48.9 Å². The first-order valence-corrected chi connectivity index (χ1v) is 6.93. The minimum atomic E-state index is 0.330. The normalized spacial score (nSPS) is 21.8. The second kappa shape index (κ2) is 5.41. The molecule has 0 heterocycles. The van der Waals surface area contributed by atoms with E-state index in [2.05, 4.69) is 38.2 Å². The topological polar surface area (TPSA) is 30.5 Å². The van der Waals surface area contributed by atoms with E-state index in [4.69, 9.17) is 9.47 Å². The Kier molecular flexibility index (Phi) is 4.04. The number of hydrogen-bond acceptors (Lipinski definition) is 3. The van der Waals surface area contributed by atoms with Crippen molar-refractivity contribution in [1.29, 1.82) is 0 Å². The van der Waals surface area contributed by atoms with Gasteiger partial charge in [0.1, 0.15) is 0 Å². The second-order valence-corrected chi connectivity index (χ2v) is 6.13. The molecule has 3 heteroatoms. The van der Waals surface area contributed by atoms with E-state index < -0.39 is 0 Å². The highest BCUT2D eigenvalue weighted by atomic mass is 16.5. The lowest BCUT2D eigenvalue weighted by molar-refractivity contribution is 0.354. The van der Waals surface area contributed by atoms with E-state index in [9.17, 15) is 0 Å². The fraction of sp³-hybridized carbons (Fsp3) is 0.625. The smallest absolute Gasteiger partial charge is 0.161 e. The van der Waals surface area contributed by atoms with Crippen molar-refractivity contribution in [3.05, 3.63) is 23.8 Å². The Morgan fingerprint density at radius 3 is 2.42 bits per heavy atom. The maximum Gasteiger partial charge on any atom is 0.161 e. The first-order chi connectivity index (χ1) is 8.97. The average molecular weight is 263 g/mol. The predicted octanol–water partition coefficient (Wildman–Crippen LogP) is 3.40. The molecular formula is C16H25NO2. The molecule has 1 saturated carbocycles. The van der Waals surface area contributed by atoms with Crippen LogP contribution in [-0.4, -0.2) is 20.8 Å². The van der Waals surface area contributed by atoms with Crippen molar-refractivity contribution >= 4 is 0 Å². The zero-order valence-electron chi connectivity index (χ0n) is 12.6. The van der Waals surface area contributed by atoms with Crippen LogP contribution < -0.4 is 14.8 Å². The Hall–Kier alpha value is -1.22. The Balaban J connectivity index is 1.97. The van der Waals surface area contributed by atoms with Gasteiger partial charge in [-0.25, -0.2) is 0 Å². The van der Waals surface area contributed by atoms with Crippen molar-refractivity contribution in [2.24, 2.45) is 11.3 Å². The van der Waals surface area contributed by atoms with Crippen molar-refractivity contribution in [1.82, 2.24) is 5.32 Å². The van der Waals surface area contributed by atoms with Gasteiger partial charge in [-0.15, -0.1) is 0 Å². The third-order valence-electron chi connectivity index (χ3n) is 4.30. The van der Waals surface area contributed by atoms with Gasteiger partial charge in [0.05, 0.1) is 14.2 Å². The van der Waals surface area contributed by atoms with Crippen LogP contribution in [0.2, 0.25) is 0 Å². The number of ether oxygens (including phenoxy) is 2. The predicted molar refractivity (Wildman–Crippen MR) is 77.9 cm³/mol. The number of methoxy groups -OCH3 is 2. The molecule has 0 amide bonds. The van der Waals surface area contributed by atoms with Crippen LogP contribution >= 0.6 is 0 Å². The van der Waals surface area contributed by atoms with Crippen molar-refractivity contribution in [3.8, 4) is 11.5 Å². The molecule has 1 fully saturated rings. The molecule has 2 rings (SSSR count). The highest BCUT2D eigenvalue weighted by molar-refractivity contribution is 5.43. The second-order valence-electron chi connectivity index (χ2n) is 6.13. The lowest BCUT2D eigenvalue weighted by Crippen LogP contribution is -2.22. The van der Waals surface area contributed by atoms with Gasteiger partial charge < -0.3 is 14.8 Å². The van der Waals surface area contributed by atoms with Gasteiger partial charge >= 0.3 is 0 Å². The summed E-state index contributed by atoms with van der Waals surface area (Å²) in [6.07, 6.45) is 1.33. The Morgan fingerprint density at radius 1 is 1.26 bits per heavy atom. The van der Waals surface area contributed by atoms with Crippen LogP contribution in [0.25, 0.3) is 0 Å². The molecule has 0 spiro atoms. The van der Waals surface area contributed by atoms with Crippen LogP contribution in [0.4, 0.5) is 0 Å². The number of rotatable bonds is 6. The molecule has 1 aromatic rings. The maximum absolute atomic E-state index is 5.35. The van der Waals surface area contributed by atoms with Crippen molar-refractivity contribution in [2.75, 3.05) is 20.8 Å². The van der Waals surface area contributed by atoms with Crippen LogP contribution in [0.1, 0.15) is 38.8 Å². The van der Waals surface area contributed by atoms with Crippen molar-refractivity contribution in [3.63, 3.8) is 0 Å². The molecule has 19 heavy (non-hydrogen) atoms. The van der Waals surface area contributed by atoms with Gasteiger partial charge in [0.25, 0.3) is 0 Å². The molecule has 0 aliphatic heterocycles. The molecule has 1 aliphatic carbocycles. The largest absolute Gasteiger partial charge is 0.493 e. The molecule has 0 radical (unpaired) electrons. The van der Waals surface area contributed by atoms with E-state index in [0.717, 1.165) is 24.0 Å². The Bertz CT molecular complexity index is 442. The summed E-state index contributed by atoms with van der Waals surface area (Å²) in [7, 11) is 3.33. The number of benzene rings is 1. The molecule has 2 unspecified atom stereocenters. The summed E-state index contributed by atoms with van der Waals surface area (Å²) < 4.78 is 10.6. The summed E-state index contributed by atoms with van der Waals surface area (Å²) in [5, 5.41) is 3.61. The monoisotopic (exact) mass is 263 g/mol. The Morgan fingerprint density at radius 2 is 1.89 bits per heavy atom.